The molecule has 1 atom stereocenters. The maximum atomic E-state index is 12.1. The summed E-state index contributed by atoms with van der Waals surface area (Å²) < 4.78 is 10.3. The Bertz CT molecular complexity index is 851. The molecular weight excluding hydrogens is 332 g/mol. The topological polar surface area (TPSA) is 88.4 Å². The van der Waals surface area contributed by atoms with E-state index in [1.54, 1.807) is 49.6 Å². The minimum absolute atomic E-state index is 0.464. The van der Waals surface area contributed by atoms with Crippen LogP contribution in [0.4, 0.5) is 5.69 Å². The molecule has 0 aliphatic carbocycles. The van der Waals surface area contributed by atoms with E-state index in [1.807, 2.05) is 18.2 Å². The predicted octanol–water partition coefficient (Wildman–Crippen LogP) is 3.15. The van der Waals surface area contributed by atoms with Crippen molar-refractivity contribution in [2.45, 2.75) is 13.0 Å². The molecule has 6 heteroatoms. The molecule has 0 fully saturated rings. The Balaban J connectivity index is 1.92. The average Bonchev–Trinajstić information content (AvgIpc) is 2.67. The summed E-state index contributed by atoms with van der Waals surface area (Å²) >= 11 is 0. The number of methoxy groups -OCH3 is 1. The number of rotatable bonds is 6. The smallest absolute Gasteiger partial charge is 0.331 e. The van der Waals surface area contributed by atoms with Crippen molar-refractivity contribution >= 4 is 23.6 Å². The van der Waals surface area contributed by atoms with Gasteiger partial charge in [0.05, 0.1) is 18.7 Å². The SMILES string of the molecule is COc1ccccc1/C=C/C(=O)O[C@H](C)C(=O)Nc1ccc(C#N)cc1. The van der Waals surface area contributed by atoms with Crippen molar-refractivity contribution in [2.24, 2.45) is 0 Å². The molecule has 6 nitrogen and oxygen atoms in total. The lowest BCUT2D eigenvalue weighted by Crippen LogP contribution is -2.29. The summed E-state index contributed by atoms with van der Waals surface area (Å²) in [4.78, 5) is 24.0. The van der Waals surface area contributed by atoms with Gasteiger partial charge in [-0.2, -0.15) is 5.26 Å². The van der Waals surface area contributed by atoms with Gasteiger partial charge in [0, 0.05) is 17.3 Å². The fourth-order valence-corrected chi connectivity index (χ4v) is 2.10. The van der Waals surface area contributed by atoms with Crippen LogP contribution in [0.3, 0.4) is 0 Å². The molecular formula is C20H18N2O4. The fraction of sp³-hybridized carbons (Fsp3) is 0.150. The van der Waals surface area contributed by atoms with Crippen molar-refractivity contribution in [1.82, 2.24) is 0 Å². The zero-order chi connectivity index (χ0) is 18.9. The van der Waals surface area contributed by atoms with Gasteiger partial charge in [-0.3, -0.25) is 4.79 Å². The first-order valence-electron chi connectivity index (χ1n) is 7.86. The van der Waals surface area contributed by atoms with Crippen LogP contribution in [0.1, 0.15) is 18.1 Å². The van der Waals surface area contributed by atoms with E-state index >= 15 is 0 Å². The molecule has 0 saturated heterocycles. The molecule has 0 aliphatic heterocycles. The number of para-hydroxylation sites is 1. The minimum atomic E-state index is -0.972. The third-order valence-corrected chi connectivity index (χ3v) is 3.48. The van der Waals surface area contributed by atoms with E-state index in [0.717, 1.165) is 5.56 Å². The number of hydrogen-bond acceptors (Lipinski definition) is 5. The Morgan fingerprint density at radius 2 is 1.85 bits per heavy atom. The third-order valence-electron chi connectivity index (χ3n) is 3.48. The molecule has 0 radical (unpaired) electrons. The first-order chi connectivity index (χ1) is 12.5. The van der Waals surface area contributed by atoms with Crippen LogP contribution in [-0.4, -0.2) is 25.1 Å². The molecule has 2 rings (SSSR count). The second-order valence-corrected chi connectivity index (χ2v) is 5.33. The number of carbonyl (C=O) groups is 2. The van der Waals surface area contributed by atoms with Gasteiger partial charge < -0.3 is 14.8 Å². The second-order valence-electron chi connectivity index (χ2n) is 5.33. The predicted molar refractivity (Wildman–Crippen MR) is 97.4 cm³/mol. The molecule has 2 aromatic rings. The molecule has 1 amide bonds. The Morgan fingerprint density at radius 3 is 2.50 bits per heavy atom. The van der Waals surface area contributed by atoms with E-state index in [4.69, 9.17) is 14.7 Å². The Hall–Kier alpha value is -3.59. The summed E-state index contributed by atoms with van der Waals surface area (Å²) in [6.07, 6.45) is 1.83. The minimum Gasteiger partial charge on any atom is -0.496 e. The zero-order valence-corrected chi connectivity index (χ0v) is 14.4. The maximum absolute atomic E-state index is 12.1. The van der Waals surface area contributed by atoms with Gasteiger partial charge in [0.25, 0.3) is 5.91 Å². The van der Waals surface area contributed by atoms with E-state index in [9.17, 15) is 9.59 Å². The van der Waals surface area contributed by atoms with Gasteiger partial charge in [-0.1, -0.05) is 18.2 Å². The third kappa shape index (κ3) is 5.21. The monoisotopic (exact) mass is 350 g/mol. The quantitative estimate of drug-likeness (QED) is 0.639. The molecule has 2 aromatic carbocycles. The Kier molecular flexibility index (Phi) is 6.52. The van der Waals surface area contributed by atoms with Crippen LogP contribution in [0.5, 0.6) is 5.75 Å². The van der Waals surface area contributed by atoms with Crippen molar-refractivity contribution < 1.29 is 19.1 Å². The number of nitrogens with zero attached hydrogens (tertiary/aromatic N) is 1. The number of esters is 1. The standard InChI is InChI=1S/C20H18N2O4/c1-14(20(24)22-17-10-7-15(13-21)8-11-17)26-19(23)12-9-16-5-3-4-6-18(16)25-2/h3-12,14H,1-2H3,(H,22,24)/b12-9+/t14-/m1/s1. The highest BCUT2D eigenvalue weighted by Gasteiger charge is 2.16. The number of ether oxygens (including phenoxy) is 2. The summed E-state index contributed by atoms with van der Waals surface area (Å²) in [7, 11) is 1.54. The molecule has 132 valence electrons. The van der Waals surface area contributed by atoms with Gasteiger partial charge in [0.15, 0.2) is 6.10 Å². The average molecular weight is 350 g/mol. The van der Waals surface area contributed by atoms with E-state index in [2.05, 4.69) is 5.32 Å². The maximum Gasteiger partial charge on any atom is 0.331 e. The van der Waals surface area contributed by atoms with Gasteiger partial charge in [0.2, 0.25) is 0 Å². The number of nitriles is 1. The van der Waals surface area contributed by atoms with E-state index in [1.165, 1.54) is 13.0 Å². The molecule has 0 saturated carbocycles. The highest BCUT2D eigenvalue weighted by molar-refractivity contribution is 5.96. The van der Waals surface area contributed by atoms with Crippen molar-refractivity contribution in [3.63, 3.8) is 0 Å². The molecule has 0 unspecified atom stereocenters. The molecule has 1 N–H and O–H groups in total. The van der Waals surface area contributed by atoms with Crippen LogP contribution < -0.4 is 10.1 Å². The number of hydrogen-bond donors (Lipinski definition) is 1. The summed E-state index contributed by atoms with van der Waals surface area (Å²) in [5, 5.41) is 11.4. The van der Waals surface area contributed by atoms with Crippen molar-refractivity contribution in [1.29, 1.82) is 5.26 Å². The summed E-state index contributed by atoms with van der Waals surface area (Å²) in [6, 6.07) is 15.6. The highest BCUT2D eigenvalue weighted by atomic mass is 16.5. The fourth-order valence-electron chi connectivity index (χ4n) is 2.10. The van der Waals surface area contributed by atoms with E-state index < -0.39 is 18.0 Å². The van der Waals surface area contributed by atoms with Gasteiger partial charge in [0.1, 0.15) is 5.75 Å². The van der Waals surface area contributed by atoms with E-state index in [0.29, 0.717) is 17.0 Å². The van der Waals surface area contributed by atoms with Crippen molar-refractivity contribution in [3.8, 4) is 11.8 Å². The number of anilines is 1. The number of benzene rings is 2. The molecule has 0 aromatic heterocycles. The highest BCUT2D eigenvalue weighted by Crippen LogP contribution is 2.18. The first kappa shape index (κ1) is 18.7. The largest absolute Gasteiger partial charge is 0.496 e. The second kappa shape index (κ2) is 9.04. The number of amides is 1. The van der Waals surface area contributed by atoms with Crippen molar-refractivity contribution in [2.75, 3.05) is 12.4 Å². The molecule has 26 heavy (non-hydrogen) atoms. The lowest BCUT2D eigenvalue weighted by molar-refractivity contribution is -0.148. The normalized spacial score (nSPS) is 11.4. The van der Waals surface area contributed by atoms with Crippen LogP contribution in [0, 0.1) is 11.3 Å². The van der Waals surface area contributed by atoms with E-state index in [-0.39, 0.29) is 0 Å². The molecule has 0 spiro atoms. The summed E-state index contributed by atoms with van der Waals surface area (Å²) in [5.41, 5.74) is 1.73. The van der Waals surface area contributed by atoms with Gasteiger partial charge >= 0.3 is 5.97 Å². The number of carbonyl (C=O) groups excluding carboxylic acids is 2. The van der Waals surface area contributed by atoms with Crippen LogP contribution in [0.25, 0.3) is 6.08 Å². The van der Waals surface area contributed by atoms with Crippen LogP contribution in [-0.2, 0) is 14.3 Å². The van der Waals surface area contributed by atoms with Gasteiger partial charge in [-0.15, -0.1) is 0 Å². The molecule has 0 aliphatic rings. The van der Waals surface area contributed by atoms with Crippen LogP contribution in [0.2, 0.25) is 0 Å². The van der Waals surface area contributed by atoms with Gasteiger partial charge in [-0.05, 0) is 43.3 Å². The summed E-state index contributed by atoms with van der Waals surface area (Å²) in [5.74, 6) is -0.477. The zero-order valence-electron chi connectivity index (χ0n) is 14.4. The number of nitrogens with one attached hydrogen (secondary N) is 1. The van der Waals surface area contributed by atoms with Crippen molar-refractivity contribution in [3.05, 3.63) is 65.7 Å². The van der Waals surface area contributed by atoms with Crippen LogP contribution in [0.15, 0.2) is 54.6 Å². The lowest BCUT2D eigenvalue weighted by atomic mass is 10.2. The summed E-state index contributed by atoms with van der Waals surface area (Å²) in [6.45, 7) is 1.48. The Labute approximate surface area is 151 Å². The van der Waals surface area contributed by atoms with Gasteiger partial charge in [-0.25, -0.2) is 4.79 Å². The molecule has 0 heterocycles. The van der Waals surface area contributed by atoms with Crippen LogP contribution >= 0.6 is 0 Å². The molecule has 0 bridgehead atoms. The Morgan fingerprint density at radius 1 is 1.15 bits per heavy atom. The first-order valence-corrected chi connectivity index (χ1v) is 7.86. The lowest BCUT2D eigenvalue weighted by Gasteiger charge is -2.12.